The zero-order valence-corrected chi connectivity index (χ0v) is 7.67. The lowest BCUT2D eigenvalue weighted by Crippen LogP contribution is -2.24. The smallest absolute Gasteiger partial charge is 0.160 e. The molecule has 0 bridgehead atoms. The standard InChI is InChI=1S/C9H12F2N2O/c1-4(14)9(13)5-2-6(10)7(11)3-8(5)12/h2-4,9,14H,12-13H2,1H3/t4-,9-/m1/s1. The minimum atomic E-state index is -1.02. The summed E-state index contributed by atoms with van der Waals surface area (Å²) in [5, 5.41) is 9.16. The van der Waals surface area contributed by atoms with Crippen LogP contribution in [0.5, 0.6) is 0 Å². The molecule has 0 radical (unpaired) electrons. The molecule has 0 saturated carbocycles. The van der Waals surface area contributed by atoms with Crippen molar-refractivity contribution in [1.29, 1.82) is 0 Å². The van der Waals surface area contributed by atoms with Crippen molar-refractivity contribution in [2.24, 2.45) is 5.73 Å². The molecule has 0 aliphatic rings. The van der Waals surface area contributed by atoms with E-state index in [2.05, 4.69) is 0 Å². The Balaban J connectivity index is 3.15. The van der Waals surface area contributed by atoms with Gasteiger partial charge in [-0.15, -0.1) is 0 Å². The fourth-order valence-corrected chi connectivity index (χ4v) is 1.13. The van der Waals surface area contributed by atoms with Crippen molar-refractivity contribution in [2.45, 2.75) is 19.1 Å². The maximum atomic E-state index is 12.8. The number of hydrogen-bond acceptors (Lipinski definition) is 3. The molecule has 0 aliphatic heterocycles. The summed E-state index contributed by atoms with van der Waals surface area (Å²) in [6, 6.07) is 0.944. The van der Waals surface area contributed by atoms with Gasteiger partial charge >= 0.3 is 0 Å². The second kappa shape index (κ2) is 3.89. The second-order valence-corrected chi connectivity index (χ2v) is 3.16. The molecule has 0 fully saturated rings. The highest BCUT2D eigenvalue weighted by molar-refractivity contribution is 5.49. The summed E-state index contributed by atoms with van der Waals surface area (Å²) < 4.78 is 25.5. The summed E-state index contributed by atoms with van der Waals surface area (Å²) in [5.74, 6) is -2.05. The zero-order chi connectivity index (χ0) is 10.9. The van der Waals surface area contributed by atoms with Crippen molar-refractivity contribution in [1.82, 2.24) is 0 Å². The summed E-state index contributed by atoms with van der Waals surface area (Å²) in [6.07, 6.45) is -0.873. The van der Waals surface area contributed by atoms with Crippen molar-refractivity contribution < 1.29 is 13.9 Å². The summed E-state index contributed by atoms with van der Waals surface area (Å²) >= 11 is 0. The van der Waals surface area contributed by atoms with E-state index in [-0.39, 0.29) is 11.3 Å². The number of aliphatic hydroxyl groups is 1. The van der Waals surface area contributed by atoms with Crippen LogP contribution in [0.25, 0.3) is 0 Å². The van der Waals surface area contributed by atoms with Crippen LogP contribution in [0, 0.1) is 11.6 Å². The van der Waals surface area contributed by atoms with Gasteiger partial charge in [-0.05, 0) is 18.6 Å². The SMILES string of the molecule is C[C@@H](O)[C@@H](N)c1cc(F)c(F)cc1N. The monoisotopic (exact) mass is 202 g/mol. The van der Waals surface area contributed by atoms with Crippen molar-refractivity contribution in [2.75, 3.05) is 5.73 Å². The van der Waals surface area contributed by atoms with Crippen molar-refractivity contribution in [3.05, 3.63) is 29.3 Å². The van der Waals surface area contributed by atoms with Gasteiger partial charge in [0.15, 0.2) is 11.6 Å². The lowest BCUT2D eigenvalue weighted by Gasteiger charge is -2.17. The maximum absolute atomic E-state index is 12.8. The Morgan fingerprint density at radius 3 is 2.29 bits per heavy atom. The molecule has 1 aromatic carbocycles. The quantitative estimate of drug-likeness (QED) is 0.624. The van der Waals surface area contributed by atoms with Crippen LogP contribution in [-0.4, -0.2) is 11.2 Å². The highest BCUT2D eigenvalue weighted by Gasteiger charge is 2.17. The Morgan fingerprint density at radius 2 is 1.79 bits per heavy atom. The van der Waals surface area contributed by atoms with Crippen molar-refractivity contribution >= 4 is 5.69 Å². The van der Waals surface area contributed by atoms with Gasteiger partial charge < -0.3 is 16.6 Å². The van der Waals surface area contributed by atoms with E-state index >= 15 is 0 Å². The van der Waals surface area contributed by atoms with Gasteiger partial charge in [0.05, 0.1) is 12.1 Å². The van der Waals surface area contributed by atoms with E-state index < -0.39 is 23.8 Å². The molecule has 0 aromatic heterocycles. The number of nitrogens with two attached hydrogens (primary N) is 2. The van der Waals surface area contributed by atoms with E-state index in [0.717, 1.165) is 12.1 Å². The fraction of sp³-hybridized carbons (Fsp3) is 0.333. The Bertz CT molecular complexity index is 342. The number of anilines is 1. The number of rotatable bonds is 2. The van der Waals surface area contributed by atoms with Gasteiger partial charge in [0.2, 0.25) is 0 Å². The molecule has 0 aliphatic carbocycles. The first-order valence-electron chi connectivity index (χ1n) is 4.11. The van der Waals surface area contributed by atoms with Gasteiger partial charge in [-0.25, -0.2) is 8.78 Å². The van der Waals surface area contributed by atoms with Crippen LogP contribution in [0.3, 0.4) is 0 Å². The molecule has 3 nitrogen and oxygen atoms in total. The van der Waals surface area contributed by atoms with Crippen molar-refractivity contribution in [3.63, 3.8) is 0 Å². The Labute approximate surface area is 80.3 Å². The van der Waals surface area contributed by atoms with Crippen LogP contribution in [0.2, 0.25) is 0 Å². The molecule has 0 unspecified atom stereocenters. The first-order valence-corrected chi connectivity index (χ1v) is 4.11. The normalized spacial score (nSPS) is 15.2. The largest absolute Gasteiger partial charge is 0.398 e. The van der Waals surface area contributed by atoms with Crippen LogP contribution in [0.4, 0.5) is 14.5 Å². The minimum absolute atomic E-state index is 0.0392. The molecule has 5 N–H and O–H groups in total. The van der Waals surface area contributed by atoms with Crippen LogP contribution in [0.1, 0.15) is 18.5 Å². The average Bonchev–Trinajstić information content (AvgIpc) is 2.10. The third kappa shape index (κ3) is 2.00. The number of hydrogen-bond donors (Lipinski definition) is 3. The topological polar surface area (TPSA) is 72.3 Å². The maximum Gasteiger partial charge on any atom is 0.160 e. The number of nitrogen functional groups attached to an aromatic ring is 1. The first kappa shape index (κ1) is 10.9. The second-order valence-electron chi connectivity index (χ2n) is 3.16. The van der Waals surface area contributed by atoms with Gasteiger partial charge in [0.25, 0.3) is 0 Å². The van der Waals surface area contributed by atoms with Gasteiger partial charge in [-0.2, -0.15) is 0 Å². The Kier molecular flexibility index (Phi) is 3.03. The van der Waals surface area contributed by atoms with Gasteiger partial charge in [-0.1, -0.05) is 0 Å². The summed E-state index contributed by atoms with van der Waals surface area (Å²) in [7, 11) is 0. The highest BCUT2D eigenvalue weighted by Crippen LogP contribution is 2.23. The first-order chi connectivity index (χ1) is 6.43. The molecule has 2 atom stereocenters. The molecular formula is C9H12F2N2O. The third-order valence-electron chi connectivity index (χ3n) is 2.00. The van der Waals surface area contributed by atoms with Gasteiger partial charge in [0, 0.05) is 11.8 Å². The predicted octanol–water partition coefficient (Wildman–Crippen LogP) is 0.928. The van der Waals surface area contributed by atoms with E-state index in [1.807, 2.05) is 0 Å². The summed E-state index contributed by atoms with van der Waals surface area (Å²) in [6.45, 7) is 1.45. The molecule has 0 heterocycles. The molecule has 1 aromatic rings. The molecule has 78 valence electrons. The lowest BCUT2D eigenvalue weighted by molar-refractivity contribution is 0.164. The fourth-order valence-electron chi connectivity index (χ4n) is 1.13. The van der Waals surface area contributed by atoms with Crippen LogP contribution < -0.4 is 11.5 Å². The predicted molar refractivity (Wildman–Crippen MR) is 49.4 cm³/mol. The van der Waals surface area contributed by atoms with Crippen LogP contribution >= 0.6 is 0 Å². The number of aliphatic hydroxyl groups excluding tert-OH is 1. The van der Waals surface area contributed by atoms with Crippen molar-refractivity contribution in [3.8, 4) is 0 Å². The Morgan fingerprint density at radius 1 is 1.29 bits per heavy atom. The molecule has 0 saturated heterocycles. The highest BCUT2D eigenvalue weighted by atomic mass is 19.2. The summed E-state index contributed by atoms with van der Waals surface area (Å²) in [5.41, 5.74) is 11.2. The van der Waals surface area contributed by atoms with E-state index in [1.54, 1.807) is 0 Å². The number of halogens is 2. The van der Waals surface area contributed by atoms with E-state index in [0.29, 0.717) is 0 Å². The molecule has 5 heteroatoms. The molecule has 0 spiro atoms. The molecular weight excluding hydrogens is 190 g/mol. The lowest BCUT2D eigenvalue weighted by atomic mass is 10.0. The summed E-state index contributed by atoms with van der Waals surface area (Å²) in [4.78, 5) is 0. The van der Waals surface area contributed by atoms with Crippen LogP contribution in [0.15, 0.2) is 12.1 Å². The van der Waals surface area contributed by atoms with E-state index in [4.69, 9.17) is 16.6 Å². The van der Waals surface area contributed by atoms with Gasteiger partial charge in [-0.3, -0.25) is 0 Å². The van der Waals surface area contributed by atoms with Crippen LogP contribution in [-0.2, 0) is 0 Å². The third-order valence-corrected chi connectivity index (χ3v) is 2.00. The zero-order valence-electron chi connectivity index (χ0n) is 7.67. The Hall–Kier alpha value is -1.20. The minimum Gasteiger partial charge on any atom is -0.398 e. The van der Waals surface area contributed by atoms with Gasteiger partial charge in [0.1, 0.15) is 0 Å². The number of benzene rings is 1. The molecule has 1 rings (SSSR count). The van der Waals surface area contributed by atoms with E-state index in [1.165, 1.54) is 6.92 Å². The van der Waals surface area contributed by atoms with E-state index in [9.17, 15) is 8.78 Å². The molecule has 14 heavy (non-hydrogen) atoms. The molecule has 0 amide bonds. The average molecular weight is 202 g/mol.